The molecule has 0 spiro atoms. The third-order valence-corrected chi connectivity index (χ3v) is 8.78. The fourth-order valence-corrected chi connectivity index (χ4v) is 6.04. The van der Waals surface area contributed by atoms with Crippen molar-refractivity contribution in [3.63, 3.8) is 0 Å². The first-order valence-electron chi connectivity index (χ1n) is 17.0. The first-order valence-corrected chi connectivity index (χ1v) is 17.0. The van der Waals surface area contributed by atoms with Crippen LogP contribution in [0.2, 0.25) is 0 Å². The molecule has 2 N–H and O–H groups in total. The molecule has 13 nitrogen and oxygen atoms in total. The summed E-state index contributed by atoms with van der Waals surface area (Å²) in [5.74, 6) is 4.59. The molecule has 278 valence electrons. The van der Waals surface area contributed by atoms with Crippen molar-refractivity contribution >= 4 is 11.6 Å². The van der Waals surface area contributed by atoms with E-state index in [9.17, 15) is 4.79 Å². The number of nitrogens with zero attached hydrogens (tertiary/aromatic N) is 1. The normalized spacial score (nSPS) is 13.2. The molecule has 1 aliphatic heterocycles. The molecule has 0 bridgehead atoms. The van der Waals surface area contributed by atoms with Crippen LogP contribution in [0.5, 0.6) is 46.0 Å². The van der Waals surface area contributed by atoms with Crippen LogP contribution in [0.25, 0.3) is 22.6 Å². The number of unbranched alkanes of at least 4 members (excludes halogenated alkanes) is 2. The summed E-state index contributed by atoms with van der Waals surface area (Å²) >= 11 is 0. The number of anilines is 1. The Labute approximate surface area is 308 Å². The van der Waals surface area contributed by atoms with Gasteiger partial charge >= 0.3 is 0 Å². The third-order valence-electron chi connectivity index (χ3n) is 8.78. The maximum atomic E-state index is 12.6. The van der Waals surface area contributed by atoms with E-state index in [-0.39, 0.29) is 12.1 Å². The van der Waals surface area contributed by atoms with Gasteiger partial charge in [-0.05, 0) is 73.4 Å². The summed E-state index contributed by atoms with van der Waals surface area (Å²) < 4.78 is 51.4. The highest BCUT2D eigenvalue weighted by Crippen LogP contribution is 2.44. The van der Waals surface area contributed by atoms with Gasteiger partial charge in [-0.25, -0.2) is 0 Å². The number of rotatable bonds is 17. The van der Waals surface area contributed by atoms with E-state index in [0.717, 1.165) is 36.1 Å². The predicted octanol–water partition coefficient (Wildman–Crippen LogP) is 7.54. The van der Waals surface area contributed by atoms with Crippen LogP contribution in [0.4, 0.5) is 5.69 Å². The average molecular weight is 726 g/mol. The second-order valence-corrected chi connectivity index (χ2v) is 12.0. The van der Waals surface area contributed by atoms with Gasteiger partial charge in [-0.15, -0.1) is 0 Å². The van der Waals surface area contributed by atoms with Crippen LogP contribution in [0.3, 0.4) is 0 Å². The lowest BCUT2D eigenvalue weighted by atomic mass is 10.1. The summed E-state index contributed by atoms with van der Waals surface area (Å²) in [6, 6.07) is 22.1. The Bertz CT molecular complexity index is 2000. The van der Waals surface area contributed by atoms with Crippen molar-refractivity contribution in [2.45, 2.75) is 25.4 Å². The Morgan fingerprint density at radius 2 is 1.23 bits per heavy atom. The van der Waals surface area contributed by atoms with Crippen molar-refractivity contribution in [2.24, 2.45) is 0 Å². The highest BCUT2D eigenvalue weighted by Gasteiger charge is 2.25. The molecular weight excluding hydrogens is 682 g/mol. The number of para-hydroxylation sites is 1. The van der Waals surface area contributed by atoms with Crippen molar-refractivity contribution in [3.8, 4) is 68.6 Å². The van der Waals surface area contributed by atoms with E-state index in [4.69, 9.17) is 42.4 Å². The Hall–Kier alpha value is -6.24. The van der Waals surface area contributed by atoms with Crippen molar-refractivity contribution in [2.75, 3.05) is 61.2 Å². The maximum absolute atomic E-state index is 12.6. The van der Waals surface area contributed by atoms with Crippen molar-refractivity contribution < 1.29 is 47.2 Å². The van der Waals surface area contributed by atoms with Crippen LogP contribution in [0, 0.1) is 0 Å². The van der Waals surface area contributed by atoms with Crippen LogP contribution < -0.4 is 48.5 Å². The molecule has 13 heteroatoms. The number of benzene rings is 4. The minimum atomic E-state index is -0.385. The number of hydrogen-bond acceptors (Lipinski definition) is 12. The number of ether oxygens (including phenoxy) is 8. The number of hydrogen-bond donors (Lipinski definition) is 2. The molecule has 0 aliphatic carbocycles. The molecule has 0 fully saturated rings. The fraction of sp³-hybridized carbons (Fsp3) is 0.300. The fourth-order valence-electron chi connectivity index (χ4n) is 6.04. The molecule has 0 saturated heterocycles. The highest BCUT2D eigenvalue weighted by atomic mass is 16.5. The van der Waals surface area contributed by atoms with Crippen LogP contribution in [0.1, 0.15) is 41.3 Å². The lowest BCUT2D eigenvalue weighted by Gasteiger charge is -2.28. The van der Waals surface area contributed by atoms with Gasteiger partial charge in [-0.2, -0.15) is 0 Å². The highest BCUT2D eigenvalue weighted by molar-refractivity contribution is 6.01. The van der Waals surface area contributed by atoms with Gasteiger partial charge in [0.1, 0.15) is 11.9 Å². The number of carbonyl (C=O) groups excluding carboxylic acids is 1. The Kier molecular flexibility index (Phi) is 11.6. The zero-order valence-electron chi connectivity index (χ0n) is 30.6. The molecule has 5 aromatic rings. The molecule has 1 aliphatic rings. The van der Waals surface area contributed by atoms with E-state index < -0.39 is 0 Å². The van der Waals surface area contributed by atoms with E-state index in [0.29, 0.717) is 81.8 Å². The van der Waals surface area contributed by atoms with Crippen molar-refractivity contribution in [3.05, 3.63) is 83.9 Å². The molecule has 0 radical (unpaired) electrons. The molecule has 1 aromatic heterocycles. The summed E-state index contributed by atoms with van der Waals surface area (Å²) in [5.41, 5.74) is 4.26. The van der Waals surface area contributed by atoms with Crippen LogP contribution in [0.15, 0.2) is 77.3 Å². The monoisotopic (exact) mass is 725 g/mol. The van der Waals surface area contributed by atoms with Gasteiger partial charge < -0.3 is 53.1 Å². The lowest BCUT2D eigenvalue weighted by Crippen LogP contribution is -2.38. The third kappa shape index (κ3) is 7.98. The minimum Gasteiger partial charge on any atom is -0.493 e. The molecular formula is C40H43N3O10. The summed E-state index contributed by atoms with van der Waals surface area (Å²) in [5, 5.41) is 10.6. The van der Waals surface area contributed by atoms with Gasteiger partial charge in [0.2, 0.25) is 11.5 Å². The SMILES string of the molecule is COc1cc(C2NC(=O)c3ccccc3N2)ccc1OCCCCCOc1c(OC)cc(-c2cc(-c3cc(OC)c(OC)c(OC)c3)no2)cc1OC. The first kappa shape index (κ1) is 36.5. The number of methoxy groups -OCH3 is 6. The molecule has 1 amide bonds. The maximum Gasteiger partial charge on any atom is 0.255 e. The van der Waals surface area contributed by atoms with E-state index in [2.05, 4.69) is 15.8 Å². The Morgan fingerprint density at radius 1 is 0.604 bits per heavy atom. The van der Waals surface area contributed by atoms with E-state index in [1.54, 1.807) is 60.9 Å². The van der Waals surface area contributed by atoms with Gasteiger partial charge in [0.05, 0.1) is 61.4 Å². The summed E-state index contributed by atoms with van der Waals surface area (Å²) in [4.78, 5) is 12.6. The zero-order valence-corrected chi connectivity index (χ0v) is 30.6. The van der Waals surface area contributed by atoms with E-state index in [1.807, 2.05) is 54.6 Å². The Balaban J connectivity index is 1.02. The molecule has 53 heavy (non-hydrogen) atoms. The van der Waals surface area contributed by atoms with E-state index in [1.165, 1.54) is 0 Å². The van der Waals surface area contributed by atoms with Crippen LogP contribution in [-0.2, 0) is 0 Å². The number of nitrogens with one attached hydrogen (secondary N) is 2. The number of amides is 1. The molecule has 4 aromatic carbocycles. The van der Waals surface area contributed by atoms with Crippen LogP contribution in [-0.4, -0.2) is 66.9 Å². The molecule has 2 heterocycles. The van der Waals surface area contributed by atoms with Gasteiger partial charge in [0.15, 0.2) is 40.3 Å². The number of aromatic nitrogens is 1. The van der Waals surface area contributed by atoms with Crippen molar-refractivity contribution in [1.82, 2.24) is 10.5 Å². The van der Waals surface area contributed by atoms with Gasteiger partial charge in [-0.1, -0.05) is 23.4 Å². The molecule has 6 rings (SSSR count). The average Bonchev–Trinajstić information content (AvgIpc) is 3.70. The number of fused-ring (bicyclic) bond motifs is 1. The van der Waals surface area contributed by atoms with Gasteiger partial charge in [0, 0.05) is 22.9 Å². The predicted molar refractivity (Wildman–Crippen MR) is 198 cm³/mol. The zero-order chi connectivity index (χ0) is 37.3. The molecule has 0 saturated carbocycles. The smallest absolute Gasteiger partial charge is 0.255 e. The largest absolute Gasteiger partial charge is 0.493 e. The molecule has 1 atom stereocenters. The van der Waals surface area contributed by atoms with Crippen LogP contribution >= 0.6 is 0 Å². The van der Waals surface area contributed by atoms with Gasteiger partial charge in [-0.3, -0.25) is 4.79 Å². The first-order chi connectivity index (χ1) is 25.9. The number of carbonyl (C=O) groups is 1. The summed E-state index contributed by atoms with van der Waals surface area (Å²) in [6.07, 6.45) is 2.06. The summed E-state index contributed by atoms with van der Waals surface area (Å²) in [6.45, 7) is 0.943. The lowest BCUT2D eigenvalue weighted by molar-refractivity contribution is 0.0935. The Morgan fingerprint density at radius 3 is 1.89 bits per heavy atom. The topological polar surface area (TPSA) is 141 Å². The quantitative estimate of drug-likeness (QED) is 0.0915. The second-order valence-electron chi connectivity index (χ2n) is 12.0. The summed E-state index contributed by atoms with van der Waals surface area (Å²) in [7, 11) is 9.42. The van der Waals surface area contributed by atoms with Gasteiger partial charge in [0.25, 0.3) is 5.91 Å². The minimum absolute atomic E-state index is 0.128. The standard InChI is InChI=1S/C40H43N3O10/c1-45-32-18-24(39-41-28-13-9-8-12-27(28)40(44)42-39)14-15-30(32)51-16-10-7-11-17-52-38-35(48-4)21-26(22-36(38)49-5)31-23-29(43-53-31)25-19-33(46-2)37(50-6)34(20-25)47-3/h8-9,12-15,18-23,39,41H,7,10-11,16-17H2,1-6H3,(H,42,44). The van der Waals surface area contributed by atoms with Crippen molar-refractivity contribution in [1.29, 1.82) is 0 Å². The van der Waals surface area contributed by atoms with E-state index >= 15 is 0 Å². The second kappa shape index (κ2) is 16.9. The molecule has 1 unspecified atom stereocenters.